The highest BCUT2D eigenvalue weighted by atomic mass is 16.6. The molecule has 0 spiro atoms. The van der Waals surface area contributed by atoms with E-state index in [0.717, 1.165) is 11.3 Å². The summed E-state index contributed by atoms with van der Waals surface area (Å²) in [4.78, 5) is 10.4. The first-order chi connectivity index (χ1) is 9.78. The van der Waals surface area contributed by atoms with Crippen LogP contribution in [-0.2, 0) is 6.54 Å². The minimum absolute atomic E-state index is 0.0543. The Labute approximate surface area is 122 Å². The lowest BCUT2D eigenvalue weighted by molar-refractivity contribution is -0.384. The number of benzene rings is 1. The Hall–Kier alpha value is -2.35. The molecule has 1 aromatic heterocycles. The standard InChI is InChI=1S/C13H18N6O2/c1-9-7-10(19(20)21)5-6-11(9)18-12(15-16-17-18)8-14-13(2,3)4/h5-7,14H,8H2,1-4H3. The molecule has 1 aromatic carbocycles. The molecule has 0 saturated carbocycles. The number of hydrogen-bond donors (Lipinski definition) is 1. The molecule has 1 N–H and O–H groups in total. The molecule has 0 aliphatic heterocycles. The zero-order chi connectivity index (χ0) is 15.6. The number of nitrogens with zero attached hydrogens (tertiary/aromatic N) is 5. The van der Waals surface area contributed by atoms with Crippen LogP contribution >= 0.6 is 0 Å². The van der Waals surface area contributed by atoms with Crippen LogP contribution < -0.4 is 5.32 Å². The Balaban J connectivity index is 2.31. The minimum Gasteiger partial charge on any atom is -0.305 e. The second-order valence-corrected chi connectivity index (χ2v) is 5.84. The Bertz CT molecular complexity index is 659. The maximum Gasteiger partial charge on any atom is 0.269 e. The molecule has 0 aliphatic carbocycles. The Morgan fingerprint density at radius 2 is 2.10 bits per heavy atom. The number of nitro groups is 1. The maximum absolute atomic E-state index is 10.8. The highest BCUT2D eigenvalue weighted by molar-refractivity contribution is 5.47. The van der Waals surface area contributed by atoms with Crippen LogP contribution in [0.15, 0.2) is 18.2 Å². The van der Waals surface area contributed by atoms with Crippen LogP contribution in [0.5, 0.6) is 0 Å². The van der Waals surface area contributed by atoms with Crippen molar-refractivity contribution in [1.82, 2.24) is 25.5 Å². The third-order valence-electron chi connectivity index (χ3n) is 2.93. The van der Waals surface area contributed by atoms with Gasteiger partial charge in [-0.25, -0.2) is 0 Å². The predicted octanol–water partition coefficient (Wildman–Crippen LogP) is 1.77. The van der Waals surface area contributed by atoms with E-state index in [4.69, 9.17) is 0 Å². The topological polar surface area (TPSA) is 98.8 Å². The van der Waals surface area contributed by atoms with Crippen LogP contribution in [0.25, 0.3) is 5.69 Å². The van der Waals surface area contributed by atoms with Crippen LogP contribution in [0.1, 0.15) is 32.2 Å². The maximum atomic E-state index is 10.8. The van der Waals surface area contributed by atoms with Gasteiger partial charge in [-0.1, -0.05) is 0 Å². The van der Waals surface area contributed by atoms with Crippen molar-refractivity contribution in [3.63, 3.8) is 0 Å². The second-order valence-electron chi connectivity index (χ2n) is 5.84. The molecular weight excluding hydrogens is 272 g/mol. The van der Waals surface area contributed by atoms with Crippen molar-refractivity contribution >= 4 is 5.69 Å². The number of hydrogen-bond acceptors (Lipinski definition) is 6. The summed E-state index contributed by atoms with van der Waals surface area (Å²) in [6.07, 6.45) is 0. The predicted molar refractivity (Wildman–Crippen MR) is 77.1 cm³/mol. The fourth-order valence-electron chi connectivity index (χ4n) is 1.84. The van der Waals surface area contributed by atoms with Crippen molar-refractivity contribution in [2.75, 3.05) is 0 Å². The fraction of sp³-hybridized carbons (Fsp3) is 0.462. The average Bonchev–Trinajstić information content (AvgIpc) is 2.83. The third kappa shape index (κ3) is 3.60. The van der Waals surface area contributed by atoms with E-state index in [0.29, 0.717) is 12.4 Å². The molecule has 1 heterocycles. The molecule has 0 bridgehead atoms. The third-order valence-corrected chi connectivity index (χ3v) is 2.93. The summed E-state index contributed by atoms with van der Waals surface area (Å²) in [5, 5.41) is 25.7. The quantitative estimate of drug-likeness (QED) is 0.680. The molecule has 0 amide bonds. The molecule has 0 aliphatic rings. The molecule has 21 heavy (non-hydrogen) atoms. The molecular formula is C13H18N6O2. The van der Waals surface area contributed by atoms with Crippen LogP contribution in [0.3, 0.4) is 0 Å². The van der Waals surface area contributed by atoms with E-state index in [1.165, 1.54) is 12.1 Å². The van der Waals surface area contributed by atoms with Gasteiger partial charge in [0.1, 0.15) is 0 Å². The smallest absolute Gasteiger partial charge is 0.269 e. The molecule has 2 aromatic rings. The summed E-state index contributed by atoms with van der Waals surface area (Å²) in [6.45, 7) is 8.46. The van der Waals surface area contributed by atoms with Crippen LogP contribution in [0, 0.1) is 17.0 Å². The van der Waals surface area contributed by atoms with Crippen molar-refractivity contribution < 1.29 is 4.92 Å². The van der Waals surface area contributed by atoms with Gasteiger partial charge in [0.25, 0.3) is 5.69 Å². The Kier molecular flexibility index (Phi) is 3.99. The van der Waals surface area contributed by atoms with Gasteiger partial charge in [0, 0.05) is 17.7 Å². The number of nitro benzene ring substituents is 1. The van der Waals surface area contributed by atoms with Gasteiger partial charge in [-0.05, 0) is 49.8 Å². The number of rotatable bonds is 4. The number of nitrogens with one attached hydrogen (secondary N) is 1. The fourth-order valence-corrected chi connectivity index (χ4v) is 1.84. The van der Waals surface area contributed by atoms with Gasteiger partial charge in [0.2, 0.25) is 0 Å². The van der Waals surface area contributed by atoms with Crippen LogP contribution in [0.4, 0.5) is 5.69 Å². The normalized spacial score (nSPS) is 11.6. The molecule has 112 valence electrons. The lowest BCUT2D eigenvalue weighted by atomic mass is 10.1. The molecule has 8 nitrogen and oxygen atoms in total. The average molecular weight is 290 g/mol. The van der Waals surface area contributed by atoms with Gasteiger partial charge in [-0.3, -0.25) is 10.1 Å². The van der Waals surface area contributed by atoms with Gasteiger partial charge in [-0.2, -0.15) is 4.68 Å². The minimum atomic E-state index is -0.418. The summed E-state index contributed by atoms with van der Waals surface area (Å²) in [5.41, 5.74) is 1.48. The number of non-ortho nitro benzene ring substituents is 1. The summed E-state index contributed by atoms with van der Waals surface area (Å²) in [6, 6.07) is 4.62. The molecule has 2 rings (SSSR count). The van der Waals surface area contributed by atoms with Gasteiger partial charge in [0.15, 0.2) is 5.82 Å². The highest BCUT2D eigenvalue weighted by Gasteiger charge is 2.16. The van der Waals surface area contributed by atoms with Gasteiger partial charge >= 0.3 is 0 Å². The van der Waals surface area contributed by atoms with E-state index in [9.17, 15) is 10.1 Å². The van der Waals surface area contributed by atoms with E-state index >= 15 is 0 Å². The largest absolute Gasteiger partial charge is 0.305 e. The first-order valence-electron chi connectivity index (χ1n) is 6.55. The monoisotopic (exact) mass is 290 g/mol. The van der Waals surface area contributed by atoms with E-state index in [1.54, 1.807) is 17.7 Å². The van der Waals surface area contributed by atoms with Crippen molar-refractivity contribution in [2.45, 2.75) is 39.8 Å². The zero-order valence-corrected chi connectivity index (χ0v) is 12.5. The molecule has 0 atom stereocenters. The summed E-state index contributed by atoms with van der Waals surface area (Å²) >= 11 is 0. The second kappa shape index (κ2) is 5.57. The van der Waals surface area contributed by atoms with E-state index in [1.807, 2.05) is 0 Å². The first-order valence-corrected chi connectivity index (χ1v) is 6.55. The van der Waals surface area contributed by atoms with Gasteiger partial charge in [-0.15, -0.1) is 5.10 Å². The van der Waals surface area contributed by atoms with Crippen molar-refractivity contribution in [3.8, 4) is 5.69 Å². The highest BCUT2D eigenvalue weighted by Crippen LogP contribution is 2.20. The SMILES string of the molecule is Cc1cc([N+](=O)[O-])ccc1-n1nnnc1CNC(C)(C)C. The molecule has 0 saturated heterocycles. The molecule has 0 radical (unpaired) electrons. The van der Waals surface area contributed by atoms with Crippen LogP contribution in [0.2, 0.25) is 0 Å². The lowest BCUT2D eigenvalue weighted by Crippen LogP contribution is -2.36. The van der Waals surface area contributed by atoms with Crippen molar-refractivity contribution in [2.24, 2.45) is 0 Å². The summed E-state index contributed by atoms with van der Waals surface area (Å²) in [5.74, 6) is 0.655. The first kappa shape index (κ1) is 15.0. The van der Waals surface area contributed by atoms with E-state index < -0.39 is 4.92 Å². The van der Waals surface area contributed by atoms with Gasteiger partial charge in [0.05, 0.1) is 17.2 Å². The number of aromatic nitrogens is 4. The van der Waals surface area contributed by atoms with Gasteiger partial charge < -0.3 is 5.32 Å². The molecule has 8 heteroatoms. The van der Waals surface area contributed by atoms with Crippen LogP contribution in [-0.4, -0.2) is 30.7 Å². The van der Waals surface area contributed by atoms with E-state index in [-0.39, 0.29) is 11.2 Å². The Morgan fingerprint density at radius 1 is 1.38 bits per heavy atom. The molecule has 0 fully saturated rings. The Morgan fingerprint density at radius 3 is 2.67 bits per heavy atom. The lowest BCUT2D eigenvalue weighted by Gasteiger charge is -2.20. The zero-order valence-electron chi connectivity index (χ0n) is 12.5. The van der Waals surface area contributed by atoms with Crippen molar-refractivity contribution in [1.29, 1.82) is 0 Å². The summed E-state index contributed by atoms with van der Waals surface area (Å²) < 4.78 is 1.60. The van der Waals surface area contributed by atoms with Crippen molar-refractivity contribution in [3.05, 3.63) is 39.7 Å². The van der Waals surface area contributed by atoms with E-state index in [2.05, 4.69) is 41.6 Å². The number of tetrazole rings is 1. The molecule has 0 unspecified atom stereocenters. The number of aryl methyl sites for hydroxylation is 1. The summed E-state index contributed by atoms with van der Waals surface area (Å²) in [7, 11) is 0.